The van der Waals surface area contributed by atoms with E-state index < -0.39 is 24.5 Å². The second-order valence-corrected chi connectivity index (χ2v) is 10.9. The van der Waals surface area contributed by atoms with Crippen LogP contribution in [0.5, 0.6) is 0 Å². The van der Waals surface area contributed by atoms with Crippen molar-refractivity contribution in [1.29, 1.82) is 0 Å². The summed E-state index contributed by atoms with van der Waals surface area (Å²) in [7, 11) is 0. The average molecular weight is 571 g/mol. The van der Waals surface area contributed by atoms with E-state index >= 15 is 0 Å². The molecule has 0 spiro atoms. The first-order chi connectivity index (χ1) is 19.3. The molecule has 0 bridgehead atoms. The van der Waals surface area contributed by atoms with E-state index in [1.54, 1.807) is 0 Å². The first-order valence-corrected chi connectivity index (χ1v) is 15.9. The van der Waals surface area contributed by atoms with Crippen molar-refractivity contribution in [2.75, 3.05) is 13.2 Å². The average Bonchev–Trinajstić information content (AvgIpc) is 2.93. The van der Waals surface area contributed by atoms with Gasteiger partial charge in [0, 0.05) is 12.8 Å². The molecule has 234 valence electrons. The van der Waals surface area contributed by atoms with Gasteiger partial charge in [-0.3, -0.25) is 14.4 Å². The highest BCUT2D eigenvalue weighted by molar-refractivity contribution is 5.87. The molecule has 0 aliphatic rings. The van der Waals surface area contributed by atoms with Crippen LogP contribution in [0.1, 0.15) is 149 Å². The zero-order valence-electron chi connectivity index (χ0n) is 25.4. The van der Waals surface area contributed by atoms with Crippen molar-refractivity contribution >= 4 is 23.8 Å². The van der Waals surface area contributed by atoms with Gasteiger partial charge in [0.05, 0.1) is 13.2 Å². The van der Waals surface area contributed by atoms with Crippen LogP contribution in [0, 0.1) is 0 Å². The smallest absolute Gasteiger partial charge is 0.328 e. The van der Waals surface area contributed by atoms with Crippen LogP contribution in [-0.4, -0.2) is 59.3 Å². The molecule has 0 fully saturated rings. The number of carbonyl (C=O) groups is 4. The number of nitrogens with one attached hydrogen (secondary N) is 2. The molecule has 0 aromatic rings. The van der Waals surface area contributed by atoms with E-state index in [0.717, 1.165) is 57.8 Å². The third kappa shape index (κ3) is 23.7. The zero-order valence-corrected chi connectivity index (χ0v) is 25.4. The lowest BCUT2D eigenvalue weighted by atomic mass is 10.0. The summed E-state index contributed by atoms with van der Waals surface area (Å²) < 4.78 is 5.82. The van der Waals surface area contributed by atoms with Crippen molar-refractivity contribution < 1.29 is 34.1 Å². The summed E-state index contributed by atoms with van der Waals surface area (Å²) in [5.74, 6) is -2.39. The van der Waals surface area contributed by atoms with E-state index in [1.807, 2.05) is 0 Å². The number of hydrogen-bond acceptors (Lipinski definition) is 6. The van der Waals surface area contributed by atoms with Gasteiger partial charge in [-0.25, -0.2) is 4.79 Å². The summed E-state index contributed by atoms with van der Waals surface area (Å²) in [6.07, 6.45) is 21.7. The Balaban J connectivity index is 4.04. The van der Waals surface area contributed by atoms with E-state index in [0.29, 0.717) is 12.8 Å². The fraction of sp³-hybridized carbons (Fsp3) is 0.871. The zero-order chi connectivity index (χ0) is 29.8. The standard InChI is InChI=1S/C31H58N2O7/c1-3-5-7-8-9-10-11-12-13-14-19-23-30(37)40-26(20-16-6-4-2)21-17-15-18-22-28(35)32-24-29(36)33-27(25-34)31(38)39/h26-27,34H,3-25H2,1-2H3,(H,32,35)(H,33,36)(H,38,39). The van der Waals surface area contributed by atoms with E-state index in [9.17, 15) is 19.2 Å². The molecule has 2 atom stereocenters. The van der Waals surface area contributed by atoms with Crippen LogP contribution in [0.15, 0.2) is 0 Å². The highest BCUT2D eigenvalue weighted by Gasteiger charge is 2.19. The van der Waals surface area contributed by atoms with Gasteiger partial charge in [0.1, 0.15) is 12.1 Å². The monoisotopic (exact) mass is 570 g/mol. The van der Waals surface area contributed by atoms with Gasteiger partial charge < -0.3 is 25.6 Å². The number of hydrogen-bond donors (Lipinski definition) is 4. The number of carboxylic acid groups (broad SMARTS) is 1. The molecule has 40 heavy (non-hydrogen) atoms. The largest absolute Gasteiger partial charge is 0.480 e. The van der Waals surface area contributed by atoms with Crippen molar-refractivity contribution in [3.8, 4) is 0 Å². The van der Waals surface area contributed by atoms with Gasteiger partial charge in [0.2, 0.25) is 11.8 Å². The molecule has 9 nitrogen and oxygen atoms in total. The van der Waals surface area contributed by atoms with Crippen molar-refractivity contribution in [3.05, 3.63) is 0 Å². The van der Waals surface area contributed by atoms with Crippen LogP contribution in [0.2, 0.25) is 0 Å². The van der Waals surface area contributed by atoms with Gasteiger partial charge in [-0.1, -0.05) is 97.3 Å². The van der Waals surface area contributed by atoms with Crippen LogP contribution in [0.3, 0.4) is 0 Å². The van der Waals surface area contributed by atoms with E-state index in [-0.39, 0.29) is 30.9 Å². The van der Waals surface area contributed by atoms with Crippen molar-refractivity contribution in [2.24, 2.45) is 0 Å². The lowest BCUT2D eigenvalue weighted by Gasteiger charge is -2.18. The van der Waals surface area contributed by atoms with Gasteiger partial charge in [-0.2, -0.15) is 0 Å². The summed E-state index contributed by atoms with van der Waals surface area (Å²) >= 11 is 0. The number of unbranched alkanes of at least 4 members (excludes halogenated alkanes) is 14. The highest BCUT2D eigenvalue weighted by atomic mass is 16.5. The number of aliphatic carboxylic acids is 1. The van der Waals surface area contributed by atoms with Crippen molar-refractivity contribution in [2.45, 2.75) is 161 Å². The number of aliphatic hydroxyl groups is 1. The fourth-order valence-corrected chi connectivity index (χ4v) is 4.59. The number of ether oxygens (including phenoxy) is 1. The summed E-state index contributed by atoms with van der Waals surface area (Å²) in [5, 5.41) is 22.4. The number of carbonyl (C=O) groups excluding carboxylic acids is 3. The summed E-state index contributed by atoms with van der Waals surface area (Å²) in [6, 6.07) is -1.39. The molecule has 2 amide bonds. The van der Waals surface area contributed by atoms with Crippen LogP contribution in [0.4, 0.5) is 0 Å². The number of esters is 1. The van der Waals surface area contributed by atoms with Gasteiger partial charge >= 0.3 is 11.9 Å². The van der Waals surface area contributed by atoms with Crippen LogP contribution < -0.4 is 10.6 Å². The third-order valence-electron chi connectivity index (χ3n) is 7.10. The quantitative estimate of drug-likeness (QED) is 0.0687. The maximum absolute atomic E-state index is 12.4. The second-order valence-electron chi connectivity index (χ2n) is 10.9. The summed E-state index contributed by atoms with van der Waals surface area (Å²) in [6.45, 7) is 3.34. The predicted octanol–water partition coefficient (Wildman–Crippen LogP) is 5.81. The molecule has 2 unspecified atom stereocenters. The molecule has 0 radical (unpaired) electrons. The highest BCUT2D eigenvalue weighted by Crippen LogP contribution is 2.17. The summed E-state index contributed by atoms with van der Waals surface area (Å²) in [5.41, 5.74) is 0. The number of rotatable bonds is 28. The predicted molar refractivity (Wildman–Crippen MR) is 158 cm³/mol. The Kier molecular flexibility index (Phi) is 25.6. The van der Waals surface area contributed by atoms with Crippen LogP contribution in [-0.2, 0) is 23.9 Å². The van der Waals surface area contributed by atoms with Crippen LogP contribution >= 0.6 is 0 Å². The van der Waals surface area contributed by atoms with Crippen molar-refractivity contribution in [3.63, 3.8) is 0 Å². The second kappa shape index (κ2) is 27.0. The number of amides is 2. The Bertz CT molecular complexity index is 672. The maximum Gasteiger partial charge on any atom is 0.328 e. The molecule has 0 rings (SSSR count). The molecule has 4 N–H and O–H groups in total. The lowest BCUT2D eigenvalue weighted by molar-refractivity contribution is -0.150. The molecule has 0 heterocycles. The number of carboxylic acids is 1. The van der Waals surface area contributed by atoms with E-state index in [1.165, 1.54) is 57.8 Å². The maximum atomic E-state index is 12.4. The van der Waals surface area contributed by atoms with Gasteiger partial charge in [0.15, 0.2) is 0 Å². The normalized spacial score (nSPS) is 12.5. The molecule has 0 saturated heterocycles. The first-order valence-electron chi connectivity index (χ1n) is 15.9. The lowest BCUT2D eigenvalue weighted by Crippen LogP contribution is -2.47. The van der Waals surface area contributed by atoms with E-state index in [2.05, 4.69) is 24.5 Å². The SMILES string of the molecule is CCCCCCCCCCCCCC(=O)OC(CCCCC)CCCCCC(=O)NCC(=O)NC(CO)C(=O)O. The fourth-order valence-electron chi connectivity index (χ4n) is 4.59. The van der Waals surface area contributed by atoms with Gasteiger partial charge in [-0.15, -0.1) is 0 Å². The minimum atomic E-state index is -1.39. The molecule has 0 aliphatic carbocycles. The minimum absolute atomic E-state index is 0.0713. The molecular formula is C31H58N2O7. The van der Waals surface area contributed by atoms with E-state index in [4.69, 9.17) is 14.9 Å². The third-order valence-corrected chi connectivity index (χ3v) is 7.10. The molecule has 0 aromatic heterocycles. The van der Waals surface area contributed by atoms with Gasteiger partial charge in [0.25, 0.3) is 0 Å². The Morgan fingerprint density at radius 3 is 1.68 bits per heavy atom. The Hall–Kier alpha value is -2.16. The van der Waals surface area contributed by atoms with Crippen molar-refractivity contribution in [1.82, 2.24) is 10.6 Å². The molecule has 0 aliphatic heterocycles. The molecule has 9 heteroatoms. The number of aliphatic hydroxyl groups excluding tert-OH is 1. The summed E-state index contributed by atoms with van der Waals surface area (Å²) in [4.78, 5) is 46.9. The first kappa shape index (κ1) is 37.8. The van der Waals surface area contributed by atoms with Gasteiger partial charge in [-0.05, 0) is 38.5 Å². The molecular weight excluding hydrogens is 512 g/mol. The Labute approximate surface area is 242 Å². The molecule has 0 saturated carbocycles. The molecule has 0 aromatic carbocycles. The van der Waals surface area contributed by atoms with Crippen LogP contribution in [0.25, 0.3) is 0 Å². The minimum Gasteiger partial charge on any atom is -0.480 e. The Morgan fingerprint density at radius 2 is 1.12 bits per heavy atom. The topological polar surface area (TPSA) is 142 Å². The Morgan fingerprint density at radius 1 is 0.650 bits per heavy atom.